The van der Waals surface area contributed by atoms with Crippen LogP contribution in [-0.4, -0.2) is 25.7 Å². The summed E-state index contributed by atoms with van der Waals surface area (Å²) in [5, 5.41) is 6.38. The van der Waals surface area contributed by atoms with E-state index in [0.29, 0.717) is 12.3 Å². The van der Waals surface area contributed by atoms with Gasteiger partial charge in [-0.1, -0.05) is 13.0 Å². The van der Waals surface area contributed by atoms with Crippen LogP contribution >= 0.6 is 0 Å². The number of ether oxygens (including phenoxy) is 1. The minimum atomic E-state index is 0.0458. The van der Waals surface area contributed by atoms with Crippen LogP contribution in [0.5, 0.6) is 0 Å². The number of hydrogen-bond donors (Lipinski definition) is 2. The van der Waals surface area contributed by atoms with Gasteiger partial charge in [0.2, 0.25) is 5.91 Å². The maximum Gasteiger partial charge on any atom is 0.224 e. The van der Waals surface area contributed by atoms with Crippen LogP contribution in [0.4, 0.5) is 11.4 Å². The Morgan fingerprint density at radius 1 is 1.42 bits per heavy atom. The summed E-state index contributed by atoms with van der Waals surface area (Å²) >= 11 is 0. The van der Waals surface area contributed by atoms with Crippen molar-refractivity contribution in [3.63, 3.8) is 0 Å². The van der Waals surface area contributed by atoms with Crippen molar-refractivity contribution in [3.8, 4) is 0 Å². The van der Waals surface area contributed by atoms with E-state index in [9.17, 15) is 4.79 Å². The highest BCUT2D eigenvalue weighted by Crippen LogP contribution is 2.24. The zero-order chi connectivity index (χ0) is 13.7. The van der Waals surface area contributed by atoms with Gasteiger partial charge in [-0.25, -0.2) is 0 Å². The lowest BCUT2D eigenvalue weighted by atomic mass is 10.1. The summed E-state index contributed by atoms with van der Waals surface area (Å²) in [6.45, 7) is 6.52. The van der Waals surface area contributed by atoms with E-state index in [-0.39, 0.29) is 5.91 Å². The Balaban J connectivity index is 1.99. The lowest BCUT2D eigenvalue weighted by Crippen LogP contribution is -2.16. The van der Waals surface area contributed by atoms with Crippen LogP contribution < -0.4 is 10.6 Å². The molecule has 1 aliphatic heterocycles. The molecule has 0 radical (unpaired) electrons. The van der Waals surface area contributed by atoms with E-state index in [2.05, 4.69) is 10.6 Å². The van der Waals surface area contributed by atoms with E-state index in [1.807, 2.05) is 32.0 Å². The molecule has 1 aromatic carbocycles. The van der Waals surface area contributed by atoms with Crippen LogP contribution in [-0.2, 0) is 9.53 Å². The van der Waals surface area contributed by atoms with Crippen molar-refractivity contribution in [2.75, 3.05) is 30.4 Å². The van der Waals surface area contributed by atoms with Gasteiger partial charge in [0, 0.05) is 36.9 Å². The minimum Gasteiger partial charge on any atom is -0.384 e. The van der Waals surface area contributed by atoms with Crippen LogP contribution in [0.2, 0.25) is 0 Å². The average Bonchev–Trinajstić information content (AvgIpc) is 2.93. The van der Waals surface area contributed by atoms with Crippen molar-refractivity contribution < 1.29 is 9.53 Å². The van der Waals surface area contributed by atoms with Crippen LogP contribution in [0.1, 0.15) is 25.3 Å². The lowest BCUT2D eigenvalue weighted by Gasteiger charge is -2.15. The molecule has 1 fully saturated rings. The molecule has 1 unspecified atom stereocenters. The first-order chi connectivity index (χ1) is 9.20. The number of carbonyl (C=O) groups is 1. The third-order valence-electron chi connectivity index (χ3n) is 3.53. The molecule has 104 valence electrons. The highest BCUT2D eigenvalue weighted by atomic mass is 16.5. The molecule has 2 N–H and O–H groups in total. The van der Waals surface area contributed by atoms with Gasteiger partial charge >= 0.3 is 0 Å². The second-order valence-corrected chi connectivity index (χ2v) is 4.99. The summed E-state index contributed by atoms with van der Waals surface area (Å²) in [6, 6.07) is 5.95. The number of amides is 1. The van der Waals surface area contributed by atoms with Gasteiger partial charge in [0.15, 0.2) is 0 Å². The van der Waals surface area contributed by atoms with Crippen molar-refractivity contribution in [2.45, 2.75) is 26.7 Å². The quantitative estimate of drug-likeness (QED) is 0.858. The molecule has 1 atom stereocenters. The van der Waals surface area contributed by atoms with E-state index in [1.165, 1.54) is 0 Å². The van der Waals surface area contributed by atoms with E-state index >= 15 is 0 Å². The second-order valence-electron chi connectivity index (χ2n) is 4.99. The standard InChI is InChI=1S/C15H22N2O2/c1-3-15(18)17-14-6-4-5-13(11(14)2)16-9-12-7-8-19-10-12/h4-6,12,16H,3,7-10H2,1-2H3,(H,17,18). The zero-order valence-corrected chi connectivity index (χ0v) is 11.7. The van der Waals surface area contributed by atoms with E-state index < -0.39 is 0 Å². The number of benzene rings is 1. The number of anilines is 2. The second kappa shape index (κ2) is 6.57. The smallest absolute Gasteiger partial charge is 0.224 e. The Morgan fingerprint density at radius 3 is 2.89 bits per heavy atom. The molecule has 4 nitrogen and oxygen atoms in total. The predicted octanol–water partition coefficient (Wildman–Crippen LogP) is 2.79. The molecular formula is C15H22N2O2. The van der Waals surface area contributed by atoms with Crippen LogP contribution in [0.3, 0.4) is 0 Å². The predicted molar refractivity (Wildman–Crippen MR) is 77.5 cm³/mol. The third kappa shape index (κ3) is 3.70. The topological polar surface area (TPSA) is 50.4 Å². The summed E-state index contributed by atoms with van der Waals surface area (Å²) in [5.74, 6) is 0.637. The largest absolute Gasteiger partial charge is 0.384 e. The van der Waals surface area contributed by atoms with Gasteiger partial charge in [0.25, 0.3) is 0 Å². The fraction of sp³-hybridized carbons (Fsp3) is 0.533. The van der Waals surface area contributed by atoms with E-state index in [0.717, 1.165) is 43.1 Å². The molecule has 0 aromatic heterocycles. The Labute approximate surface area is 114 Å². The van der Waals surface area contributed by atoms with Crippen molar-refractivity contribution in [3.05, 3.63) is 23.8 Å². The van der Waals surface area contributed by atoms with Crippen LogP contribution in [0.25, 0.3) is 0 Å². The molecule has 1 saturated heterocycles. The summed E-state index contributed by atoms with van der Waals surface area (Å²) < 4.78 is 5.37. The Hall–Kier alpha value is -1.55. The summed E-state index contributed by atoms with van der Waals surface area (Å²) in [5.41, 5.74) is 3.06. The van der Waals surface area contributed by atoms with E-state index in [4.69, 9.17) is 4.74 Å². The molecule has 1 aromatic rings. The Kier molecular flexibility index (Phi) is 4.80. The molecular weight excluding hydrogens is 240 g/mol. The van der Waals surface area contributed by atoms with Gasteiger partial charge in [-0.05, 0) is 31.0 Å². The van der Waals surface area contributed by atoms with Crippen molar-refractivity contribution >= 4 is 17.3 Å². The summed E-state index contributed by atoms with van der Waals surface area (Å²) in [4.78, 5) is 11.5. The van der Waals surface area contributed by atoms with Gasteiger partial charge in [-0.15, -0.1) is 0 Å². The van der Waals surface area contributed by atoms with Gasteiger partial charge in [-0.3, -0.25) is 4.79 Å². The lowest BCUT2D eigenvalue weighted by molar-refractivity contribution is -0.115. The van der Waals surface area contributed by atoms with Gasteiger partial charge in [0.1, 0.15) is 0 Å². The molecule has 1 amide bonds. The van der Waals surface area contributed by atoms with E-state index in [1.54, 1.807) is 0 Å². The average molecular weight is 262 g/mol. The zero-order valence-electron chi connectivity index (χ0n) is 11.7. The number of hydrogen-bond acceptors (Lipinski definition) is 3. The Bertz CT molecular complexity index is 440. The molecule has 0 spiro atoms. The first-order valence-electron chi connectivity index (χ1n) is 6.91. The monoisotopic (exact) mass is 262 g/mol. The fourth-order valence-electron chi connectivity index (χ4n) is 2.20. The van der Waals surface area contributed by atoms with Gasteiger partial charge in [0.05, 0.1) is 6.61 Å². The van der Waals surface area contributed by atoms with Crippen molar-refractivity contribution in [1.29, 1.82) is 0 Å². The maximum atomic E-state index is 11.5. The molecule has 0 aliphatic carbocycles. The number of rotatable bonds is 5. The summed E-state index contributed by atoms with van der Waals surface area (Å²) in [7, 11) is 0. The molecule has 0 saturated carbocycles. The first kappa shape index (κ1) is 13.9. The fourth-order valence-corrected chi connectivity index (χ4v) is 2.20. The van der Waals surface area contributed by atoms with Crippen LogP contribution in [0, 0.1) is 12.8 Å². The molecule has 4 heteroatoms. The van der Waals surface area contributed by atoms with Gasteiger partial charge < -0.3 is 15.4 Å². The first-order valence-corrected chi connectivity index (χ1v) is 6.91. The third-order valence-corrected chi connectivity index (χ3v) is 3.53. The Morgan fingerprint density at radius 2 is 2.21 bits per heavy atom. The minimum absolute atomic E-state index is 0.0458. The molecule has 2 rings (SSSR count). The molecule has 1 heterocycles. The highest BCUT2D eigenvalue weighted by molar-refractivity contribution is 5.92. The van der Waals surface area contributed by atoms with Gasteiger partial charge in [-0.2, -0.15) is 0 Å². The molecule has 1 aliphatic rings. The maximum absolute atomic E-state index is 11.5. The van der Waals surface area contributed by atoms with Crippen molar-refractivity contribution in [1.82, 2.24) is 0 Å². The SMILES string of the molecule is CCC(=O)Nc1cccc(NCC2CCOC2)c1C. The van der Waals surface area contributed by atoms with Crippen LogP contribution in [0.15, 0.2) is 18.2 Å². The molecule has 19 heavy (non-hydrogen) atoms. The van der Waals surface area contributed by atoms with Crippen molar-refractivity contribution in [2.24, 2.45) is 5.92 Å². The summed E-state index contributed by atoms with van der Waals surface area (Å²) in [6.07, 6.45) is 1.62. The number of nitrogens with one attached hydrogen (secondary N) is 2. The highest BCUT2D eigenvalue weighted by Gasteiger charge is 2.15. The molecule has 0 bridgehead atoms. The number of carbonyl (C=O) groups excluding carboxylic acids is 1. The normalized spacial score (nSPS) is 18.3.